The Balaban J connectivity index is 2.10. The number of rotatable bonds is 3. The summed E-state index contributed by atoms with van der Waals surface area (Å²) in [4.78, 5) is 14.1. The molecule has 0 bridgehead atoms. The summed E-state index contributed by atoms with van der Waals surface area (Å²) in [6, 6.07) is 4.20. The first-order valence-electron chi connectivity index (χ1n) is 6.00. The lowest BCUT2D eigenvalue weighted by molar-refractivity contribution is 0.0786. The summed E-state index contributed by atoms with van der Waals surface area (Å²) >= 11 is 3.30. The summed E-state index contributed by atoms with van der Waals surface area (Å²) in [6.45, 7) is 2.39. The fourth-order valence-electron chi connectivity index (χ4n) is 2.30. The molecule has 1 atom stereocenters. The van der Waals surface area contributed by atoms with Crippen molar-refractivity contribution in [3.63, 3.8) is 0 Å². The van der Waals surface area contributed by atoms with Crippen molar-refractivity contribution in [1.29, 1.82) is 0 Å². The normalized spacial score (nSPS) is 19.3. The van der Waals surface area contributed by atoms with Crippen LogP contribution >= 0.6 is 15.9 Å². The Kier molecular flexibility index (Phi) is 4.35. The Morgan fingerprint density at radius 3 is 3.11 bits per heavy atom. The van der Waals surface area contributed by atoms with Gasteiger partial charge >= 0.3 is 0 Å². The average Bonchev–Trinajstić information content (AvgIpc) is 2.80. The molecule has 5 heteroatoms. The second kappa shape index (κ2) is 5.80. The second-order valence-electron chi connectivity index (χ2n) is 4.59. The molecule has 1 saturated heterocycles. The van der Waals surface area contributed by atoms with E-state index < -0.39 is 0 Å². The number of carbonyl (C=O) groups is 1. The van der Waals surface area contributed by atoms with Gasteiger partial charge in [-0.2, -0.15) is 0 Å². The third-order valence-corrected chi connectivity index (χ3v) is 3.92. The number of hydrogen-bond donors (Lipinski definition) is 1. The Labute approximate surface area is 114 Å². The van der Waals surface area contributed by atoms with Gasteiger partial charge in [-0.05, 0) is 60.1 Å². The molecule has 1 aromatic rings. The molecule has 1 unspecified atom stereocenters. The summed E-state index contributed by atoms with van der Waals surface area (Å²) in [6.07, 6.45) is 1.000. The summed E-state index contributed by atoms with van der Waals surface area (Å²) in [5.74, 6) is 0.0128. The number of nitrogens with one attached hydrogen (secondary N) is 1. The van der Waals surface area contributed by atoms with Gasteiger partial charge in [-0.15, -0.1) is 0 Å². The molecule has 98 valence electrons. The minimum atomic E-state index is -0.382. The Morgan fingerprint density at radius 2 is 2.39 bits per heavy atom. The highest BCUT2D eigenvalue weighted by Crippen LogP contribution is 2.23. The third kappa shape index (κ3) is 2.90. The fraction of sp³-hybridized carbons (Fsp3) is 0.462. The Bertz CT molecular complexity index is 453. The van der Waals surface area contributed by atoms with Crippen molar-refractivity contribution in [3.8, 4) is 0 Å². The largest absolute Gasteiger partial charge is 0.338 e. The molecule has 1 fully saturated rings. The smallest absolute Gasteiger partial charge is 0.255 e. The molecule has 1 N–H and O–H groups in total. The topological polar surface area (TPSA) is 32.3 Å². The molecule has 0 aliphatic carbocycles. The highest BCUT2D eigenvalue weighted by Gasteiger charge is 2.27. The lowest BCUT2D eigenvalue weighted by Gasteiger charge is -2.17. The van der Waals surface area contributed by atoms with Crippen LogP contribution in [-0.4, -0.2) is 37.5 Å². The van der Waals surface area contributed by atoms with Gasteiger partial charge in [0.1, 0.15) is 5.82 Å². The second-order valence-corrected chi connectivity index (χ2v) is 5.44. The molecule has 2 rings (SSSR count). The summed E-state index contributed by atoms with van der Waals surface area (Å²) in [5, 5.41) is 3.12. The monoisotopic (exact) mass is 314 g/mol. The molecule has 18 heavy (non-hydrogen) atoms. The van der Waals surface area contributed by atoms with Gasteiger partial charge in [0.05, 0.1) is 5.56 Å². The van der Waals surface area contributed by atoms with Crippen molar-refractivity contribution in [2.45, 2.75) is 6.42 Å². The first kappa shape index (κ1) is 13.5. The predicted octanol–water partition coefficient (Wildman–Crippen LogP) is 2.27. The number of likely N-dealkylation sites (tertiary alicyclic amines) is 1. The van der Waals surface area contributed by atoms with Crippen LogP contribution in [0.1, 0.15) is 16.8 Å². The van der Waals surface area contributed by atoms with Gasteiger partial charge in [0.25, 0.3) is 5.91 Å². The first-order valence-corrected chi connectivity index (χ1v) is 6.80. The van der Waals surface area contributed by atoms with Crippen LogP contribution in [-0.2, 0) is 0 Å². The molecule has 0 spiro atoms. The molecule has 0 aromatic heterocycles. The molecule has 0 saturated carbocycles. The molecule has 1 aromatic carbocycles. The lowest BCUT2D eigenvalue weighted by Crippen LogP contribution is -2.30. The van der Waals surface area contributed by atoms with Gasteiger partial charge in [-0.3, -0.25) is 4.79 Å². The van der Waals surface area contributed by atoms with E-state index in [2.05, 4.69) is 21.2 Å². The van der Waals surface area contributed by atoms with E-state index in [1.165, 1.54) is 12.1 Å². The van der Waals surface area contributed by atoms with Crippen LogP contribution in [0.4, 0.5) is 4.39 Å². The Hall–Kier alpha value is -0.940. The Morgan fingerprint density at radius 1 is 1.61 bits per heavy atom. The molecule has 1 amide bonds. The van der Waals surface area contributed by atoms with Crippen LogP contribution in [0.2, 0.25) is 0 Å². The van der Waals surface area contributed by atoms with Crippen molar-refractivity contribution < 1.29 is 9.18 Å². The average molecular weight is 315 g/mol. The molecule has 3 nitrogen and oxygen atoms in total. The van der Waals surface area contributed by atoms with Crippen LogP contribution in [0.3, 0.4) is 0 Å². The number of nitrogens with zero attached hydrogens (tertiary/aromatic N) is 1. The fourth-order valence-corrected chi connectivity index (χ4v) is 2.72. The highest BCUT2D eigenvalue weighted by atomic mass is 79.9. The van der Waals surface area contributed by atoms with Crippen molar-refractivity contribution >= 4 is 21.8 Å². The van der Waals surface area contributed by atoms with E-state index in [0.717, 1.165) is 26.1 Å². The van der Waals surface area contributed by atoms with Crippen LogP contribution < -0.4 is 5.32 Å². The van der Waals surface area contributed by atoms with E-state index in [9.17, 15) is 9.18 Å². The maximum atomic E-state index is 13.2. The molecular weight excluding hydrogens is 299 g/mol. The summed E-state index contributed by atoms with van der Waals surface area (Å²) in [5.41, 5.74) is 0.403. The van der Waals surface area contributed by atoms with Crippen molar-refractivity contribution in [2.75, 3.05) is 26.7 Å². The zero-order valence-corrected chi connectivity index (χ0v) is 11.8. The standard InChI is InChI=1S/C13H16BrFN2O/c1-16-7-9-4-5-17(8-9)13(18)11-6-10(15)2-3-12(11)14/h2-3,6,9,16H,4-5,7-8H2,1H3. The van der Waals surface area contributed by atoms with E-state index in [1.54, 1.807) is 11.0 Å². The van der Waals surface area contributed by atoms with Crippen molar-refractivity contribution in [3.05, 3.63) is 34.1 Å². The van der Waals surface area contributed by atoms with Gasteiger partial charge in [0.15, 0.2) is 0 Å². The number of carbonyl (C=O) groups excluding carboxylic acids is 1. The van der Waals surface area contributed by atoms with Crippen molar-refractivity contribution in [2.24, 2.45) is 5.92 Å². The van der Waals surface area contributed by atoms with Crippen LogP contribution in [0, 0.1) is 11.7 Å². The molecular formula is C13H16BrFN2O. The molecule has 1 aliphatic heterocycles. The number of amides is 1. The SMILES string of the molecule is CNCC1CCN(C(=O)c2cc(F)ccc2Br)C1. The van der Waals surface area contributed by atoms with Crippen LogP contribution in [0.15, 0.2) is 22.7 Å². The van der Waals surface area contributed by atoms with Crippen LogP contribution in [0.25, 0.3) is 0 Å². The molecule has 1 heterocycles. The highest BCUT2D eigenvalue weighted by molar-refractivity contribution is 9.10. The lowest BCUT2D eigenvalue weighted by atomic mass is 10.1. The molecule has 0 radical (unpaired) electrons. The number of halogens is 2. The maximum Gasteiger partial charge on any atom is 0.255 e. The van der Waals surface area contributed by atoms with E-state index in [0.29, 0.717) is 16.0 Å². The predicted molar refractivity (Wildman–Crippen MR) is 72.0 cm³/mol. The summed E-state index contributed by atoms with van der Waals surface area (Å²) in [7, 11) is 1.91. The van der Waals surface area contributed by atoms with Gasteiger partial charge in [-0.1, -0.05) is 0 Å². The van der Waals surface area contributed by atoms with Gasteiger partial charge in [0, 0.05) is 17.6 Å². The minimum absolute atomic E-state index is 0.0972. The number of benzene rings is 1. The van der Waals surface area contributed by atoms with E-state index >= 15 is 0 Å². The van der Waals surface area contributed by atoms with Gasteiger partial charge in [-0.25, -0.2) is 4.39 Å². The first-order chi connectivity index (χ1) is 8.61. The maximum absolute atomic E-state index is 13.2. The van der Waals surface area contributed by atoms with E-state index in [4.69, 9.17) is 0 Å². The summed E-state index contributed by atoms with van der Waals surface area (Å²) < 4.78 is 13.8. The number of hydrogen-bond acceptors (Lipinski definition) is 2. The van der Waals surface area contributed by atoms with E-state index in [-0.39, 0.29) is 11.7 Å². The van der Waals surface area contributed by atoms with E-state index in [1.807, 2.05) is 7.05 Å². The third-order valence-electron chi connectivity index (χ3n) is 3.22. The zero-order chi connectivity index (χ0) is 13.1. The zero-order valence-electron chi connectivity index (χ0n) is 10.2. The van der Waals surface area contributed by atoms with Crippen molar-refractivity contribution in [1.82, 2.24) is 10.2 Å². The van der Waals surface area contributed by atoms with Crippen LogP contribution in [0.5, 0.6) is 0 Å². The van der Waals surface area contributed by atoms with Gasteiger partial charge in [0.2, 0.25) is 0 Å². The van der Waals surface area contributed by atoms with Gasteiger partial charge < -0.3 is 10.2 Å². The quantitative estimate of drug-likeness (QED) is 0.928. The molecule has 1 aliphatic rings. The minimum Gasteiger partial charge on any atom is -0.338 e.